The molecule has 3 rings (SSSR count). The lowest BCUT2D eigenvalue weighted by Gasteiger charge is -2.21. The van der Waals surface area contributed by atoms with Crippen molar-refractivity contribution in [1.29, 1.82) is 0 Å². The molecule has 2 aromatic rings. The summed E-state index contributed by atoms with van der Waals surface area (Å²) in [6, 6.07) is 14.1. The monoisotopic (exact) mass is 259 g/mol. The molecule has 2 aromatic carbocycles. The number of aliphatic hydroxyl groups excluding tert-OH is 1. The zero-order chi connectivity index (χ0) is 12.5. The smallest absolute Gasteiger partial charge is 0.0702 e. The van der Waals surface area contributed by atoms with Gasteiger partial charge in [0.15, 0.2) is 0 Å². The molecule has 1 aliphatic heterocycles. The van der Waals surface area contributed by atoms with Gasteiger partial charge >= 0.3 is 0 Å². The second-order valence-electron chi connectivity index (χ2n) is 4.56. The molecule has 18 heavy (non-hydrogen) atoms. The molecular formula is C15H14ClNO. The number of hydrogen-bond acceptors (Lipinski definition) is 2. The van der Waals surface area contributed by atoms with Crippen LogP contribution >= 0.6 is 11.6 Å². The average molecular weight is 260 g/mol. The molecule has 0 saturated heterocycles. The van der Waals surface area contributed by atoms with Gasteiger partial charge in [-0.1, -0.05) is 41.9 Å². The van der Waals surface area contributed by atoms with Crippen molar-refractivity contribution in [1.82, 2.24) is 0 Å². The van der Waals surface area contributed by atoms with Crippen LogP contribution in [0.4, 0.5) is 5.69 Å². The largest absolute Gasteiger partial charge is 0.392 e. The lowest BCUT2D eigenvalue weighted by atomic mass is 10.1. The van der Waals surface area contributed by atoms with Crippen LogP contribution in [0, 0.1) is 0 Å². The summed E-state index contributed by atoms with van der Waals surface area (Å²) in [6.45, 7) is 1.80. The van der Waals surface area contributed by atoms with Crippen LogP contribution in [0.2, 0.25) is 5.02 Å². The molecule has 2 nitrogen and oxygen atoms in total. The molecule has 0 atom stereocenters. The Morgan fingerprint density at radius 2 is 1.72 bits per heavy atom. The molecule has 0 bridgehead atoms. The first-order valence-corrected chi connectivity index (χ1v) is 6.37. The van der Waals surface area contributed by atoms with Gasteiger partial charge in [-0.15, -0.1) is 0 Å². The standard InChI is InChI=1S/C15H14ClNO/c16-14-6-5-13(10-18)15(7-14)17-8-11-3-1-2-4-12(11)9-17/h1-7,18H,8-10H2. The lowest BCUT2D eigenvalue weighted by molar-refractivity contribution is 0.282. The van der Waals surface area contributed by atoms with Crippen molar-refractivity contribution < 1.29 is 5.11 Å². The minimum atomic E-state index is 0.0410. The maximum atomic E-state index is 9.42. The lowest BCUT2D eigenvalue weighted by Crippen LogP contribution is -2.16. The summed E-state index contributed by atoms with van der Waals surface area (Å²) in [7, 11) is 0. The van der Waals surface area contributed by atoms with Crippen LogP contribution in [0.5, 0.6) is 0 Å². The second kappa shape index (κ2) is 4.63. The fourth-order valence-electron chi connectivity index (χ4n) is 2.47. The number of benzene rings is 2. The van der Waals surface area contributed by atoms with Crippen molar-refractivity contribution in [3.8, 4) is 0 Å². The maximum Gasteiger partial charge on any atom is 0.0702 e. The van der Waals surface area contributed by atoms with Crippen molar-refractivity contribution in [2.45, 2.75) is 19.7 Å². The zero-order valence-corrected chi connectivity index (χ0v) is 10.7. The van der Waals surface area contributed by atoms with Gasteiger partial charge in [0.2, 0.25) is 0 Å². The van der Waals surface area contributed by atoms with Crippen LogP contribution < -0.4 is 4.90 Å². The van der Waals surface area contributed by atoms with Gasteiger partial charge < -0.3 is 10.0 Å². The van der Waals surface area contributed by atoms with Crippen molar-refractivity contribution >= 4 is 17.3 Å². The van der Waals surface area contributed by atoms with Crippen LogP contribution in [-0.4, -0.2) is 5.11 Å². The van der Waals surface area contributed by atoms with Gasteiger partial charge in [-0.25, -0.2) is 0 Å². The van der Waals surface area contributed by atoms with Crippen molar-refractivity contribution in [2.75, 3.05) is 4.90 Å². The first-order valence-electron chi connectivity index (χ1n) is 5.99. The number of aliphatic hydroxyl groups is 1. The third kappa shape index (κ3) is 1.98. The van der Waals surface area contributed by atoms with Crippen molar-refractivity contribution in [2.24, 2.45) is 0 Å². The molecule has 92 valence electrons. The first kappa shape index (κ1) is 11.6. The minimum absolute atomic E-state index is 0.0410. The molecule has 0 spiro atoms. The highest BCUT2D eigenvalue weighted by molar-refractivity contribution is 6.30. The number of anilines is 1. The van der Waals surface area contributed by atoms with Gasteiger partial charge in [-0.05, 0) is 23.3 Å². The fraction of sp³-hybridized carbons (Fsp3) is 0.200. The van der Waals surface area contributed by atoms with E-state index < -0.39 is 0 Å². The predicted molar refractivity (Wildman–Crippen MR) is 73.7 cm³/mol. The normalized spacial score (nSPS) is 13.8. The second-order valence-corrected chi connectivity index (χ2v) is 4.99. The topological polar surface area (TPSA) is 23.5 Å². The maximum absolute atomic E-state index is 9.42. The molecule has 1 N–H and O–H groups in total. The molecule has 0 fully saturated rings. The van der Waals surface area contributed by atoms with E-state index in [1.165, 1.54) is 11.1 Å². The highest BCUT2D eigenvalue weighted by Crippen LogP contribution is 2.32. The van der Waals surface area contributed by atoms with Gasteiger partial charge in [0.1, 0.15) is 0 Å². The van der Waals surface area contributed by atoms with Crippen LogP contribution in [-0.2, 0) is 19.7 Å². The molecule has 0 unspecified atom stereocenters. The zero-order valence-electron chi connectivity index (χ0n) is 9.94. The number of nitrogens with zero attached hydrogens (tertiary/aromatic N) is 1. The van der Waals surface area contributed by atoms with E-state index in [-0.39, 0.29) is 6.61 Å². The Morgan fingerprint density at radius 1 is 1.06 bits per heavy atom. The number of rotatable bonds is 2. The van der Waals surface area contributed by atoms with E-state index in [1.807, 2.05) is 18.2 Å². The quantitative estimate of drug-likeness (QED) is 0.894. The van der Waals surface area contributed by atoms with Gasteiger partial charge in [0.05, 0.1) is 6.61 Å². The fourth-order valence-corrected chi connectivity index (χ4v) is 2.63. The molecule has 1 heterocycles. The average Bonchev–Trinajstić information content (AvgIpc) is 2.82. The summed E-state index contributed by atoms with van der Waals surface area (Å²) in [5.74, 6) is 0. The third-order valence-electron chi connectivity index (χ3n) is 3.40. The SMILES string of the molecule is OCc1ccc(Cl)cc1N1Cc2ccccc2C1. The Kier molecular flexibility index (Phi) is 2.98. The van der Waals surface area contributed by atoms with Crippen LogP contribution in [0.3, 0.4) is 0 Å². The predicted octanol–water partition coefficient (Wildman–Crippen LogP) is 3.35. The summed E-state index contributed by atoms with van der Waals surface area (Å²) in [6.07, 6.45) is 0. The Balaban J connectivity index is 1.97. The summed E-state index contributed by atoms with van der Waals surface area (Å²) in [5.41, 5.74) is 4.65. The molecule has 0 radical (unpaired) electrons. The number of fused-ring (bicyclic) bond motifs is 1. The van der Waals surface area contributed by atoms with Crippen LogP contribution in [0.15, 0.2) is 42.5 Å². The molecule has 0 aromatic heterocycles. The van der Waals surface area contributed by atoms with Crippen LogP contribution in [0.25, 0.3) is 0 Å². The highest BCUT2D eigenvalue weighted by Gasteiger charge is 2.20. The Labute approximate surface area is 111 Å². The van der Waals surface area contributed by atoms with Gasteiger partial charge in [0, 0.05) is 29.4 Å². The van der Waals surface area contributed by atoms with E-state index in [4.69, 9.17) is 11.6 Å². The van der Waals surface area contributed by atoms with E-state index in [0.717, 1.165) is 24.3 Å². The van der Waals surface area contributed by atoms with E-state index in [9.17, 15) is 5.11 Å². The van der Waals surface area contributed by atoms with E-state index in [1.54, 1.807) is 0 Å². The minimum Gasteiger partial charge on any atom is -0.392 e. The summed E-state index contributed by atoms with van der Waals surface area (Å²) >= 11 is 6.06. The number of hydrogen-bond donors (Lipinski definition) is 1. The molecule has 0 saturated carbocycles. The molecule has 0 amide bonds. The highest BCUT2D eigenvalue weighted by atomic mass is 35.5. The van der Waals surface area contributed by atoms with Gasteiger partial charge in [0.25, 0.3) is 0 Å². The molecular weight excluding hydrogens is 246 g/mol. The summed E-state index contributed by atoms with van der Waals surface area (Å²) in [5, 5.41) is 10.1. The van der Waals surface area contributed by atoms with Gasteiger partial charge in [-0.3, -0.25) is 0 Å². The van der Waals surface area contributed by atoms with E-state index in [0.29, 0.717) is 5.02 Å². The molecule has 0 aliphatic carbocycles. The van der Waals surface area contributed by atoms with Crippen molar-refractivity contribution in [3.63, 3.8) is 0 Å². The summed E-state index contributed by atoms with van der Waals surface area (Å²) < 4.78 is 0. The van der Waals surface area contributed by atoms with Crippen molar-refractivity contribution in [3.05, 3.63) is 64.2 Å². The molecule has 3 heteroatoms. The molecule has 1 aliphatic rings. The number of halogens is 1. The van der Waals surface area contributed by atoms with E-state index >= 15 is 0 Å². The van der Waals surface area contributed by atoms with Gasteiger partial charge in [-0.2, -0.15) is 0 Å². The Morgan fingerprint density at radius 3 is 2.33 bits per heavy atom. The summed E-state index contributed by atoms with van der Waals surface area (Å²) in [4.78, 5) is 2.25. The third-order valence-corrected chi connectivity index (χ3v) is 3.63. The Hall–Kier alpha value is -1.51. The first-order chi connectivity index (χ1) is 8.78. The van der Waals surface area contributed by atoms with Crippen LogP contribution in [0.1, 0.15) is 16.7 Å². The van der Waals surface area contributed by atoms with E-state index in [2.05, 4.69) is 29.2 Å². The Bertz CT molecular complexity index is 557.